The van der Waals surface area contributed by atoms with Crippen LogP contribution < -0.4 is 5.32 Å². The quantitative estimate of drug-likeness (QED) is 0.901. The van der Waals surface area contributed by atoms with E-state index in [1.54, 1.807) is 36.4 Å². The fraction of sp³-hybridized carbons (Fsp3) is 0.133. The van der Waals surface area contributed by atoms with Crippen LogP contribution in [0.15, 0.2) is 42.5 Å². The van der Waals surface area contributed by atoms with Crippen LogP contribution in [-0.2, 0) is 0 Å². The largest absolute Gasteiger partial charge is 0.394 e. The lowest BCUT2D eigenvalue weighted by Gasteiger charge is -2.19. The lowest BCUT2D eigenvalue weighted by atomic mass is 10.1. The lowest BCUT2D eigenvalue weighted by molar-refractivity contribution is 0.276. The first-order valence-corrected chi connectivity index (χ1v) is 5.97. The molecular formula is C15H12F2N2O. The van der Waals surface area contributed by atoms with Crippen molar-refractivity contribution in [2.45, 2.75) is 6.04 Å². The summed E-state index contributed by atoms with van der Waals surface area (Å²) in [4.78, 5) is 0. The van der Waals surface area contributed by atoms with Crippen LogP contribution in [0.1, 0.15) is 17.2 Å². The molecule has 0 aliphatic heterocycles. The van der Waals surface area contributed by atoms with E-state index in [0.717, 1.165) is 12.1 Å². The van der Waals surface area contributed by atoms with Gasteiger partial charge in [-0.05, 0) is 17.7 Å². The molecule has 1 atom stereocenters. The van der Waals surface area contributed by atoms with Crippen molar-refractivity contribution in [3.8, 4) is 6.07 Å². The molecule has 0 saturated heterocycles. The van der Waals surface area contributed by atoms with Gasteiger partial charge in [0.15, 0.2) is 11.6 Å². The van der Waals surface area contributed by atoms with Crippen molar-refractivity contribution in [2.75, 3.05) is 11.9 Å². The first-order chi connectivity index (χ1) is 9.65. The summed E-state index contributed by atoms with van der Waals surface area (Å²) in [5.74, 6) is -1.73. The van der Waals surface area contributed by atoms with E-state index in [-0.39, 0.29) is 17.9 Å². The minimum Gasteiger partial charge on any atom is -0.394 e. The van der Waals surface area contributed by atoms with Crippen LogP contribution in [0.25, 0.3) is 0 Å². The first kappa shape index (κ1) is 14.0. The van der Waals surface area contributed by atoms with Gasteiger partial charge in [0.05, 0.1) is 24.3 Å². The number of aliphatic hydroxyl groups is 1. The molecule has 0 unspecified atom stereocenters. The van der Waals surface area contributed by atoms with E-state index in [0.29, 0.717) is 5.56 Å². The molecule has 0 fully saturated rings. The lowest BCUT2D eigenvalue weighted by Crippen LogP contribution is -2.16. The molecule has 2 aromatic carbocycles. The second-order valence-corrected chi connectivity index (χ2v) is 4.22. The van der Waals surface area contributed by atoms with Gasteiger partial charge in [-0.3, -0.25) is 0 Å². The second kappa shape index (κ2) is 6.13. The van der Waals surface area contributed by atoms with Crippen molar-refractivity contribution in [1.29, 1.82) is 5.26 Å². The van der Waals surface area contributed by atoms with Gasteiger partial charge in [0.25, 0.3) is 0 Å². The maximum absolute atomic E-state index is 13.8. The smallest absolute Gasteiger partial charge is 0.150 e. The molecule has 102 valence electrons. The fourth-order valence-electron chi connectivity index (χ4n) is 1.87. The Hall–Kier alpha value is -2.45. The third kappa shape index (κ3) is 2.92. The fourth-order valence-corrected chi connectivity index (χ4v) is 1.87. The van der Waals surface area contributed by atoms with E-state index in [1.165, 1.54) is 0 Å². The molecule has 2 N–H and O–H groups in total. The number of benzene rings is 2. The highest BCUT2D eigenvalue weighted by atomic mass is 19.1. The van der Waals surface area contributed by atoms with Gasteiger partial charge in [-0.1, -0.05) is 30.3 Å². The van der Waals surface area contributed by atoms with Crippen molar-refractivity contribution in [3.63, 3.8) is 0 Å². The van der Waals surface area contributed by atoms with Crippen molar-refractivity contribution >= 4 is 5.69 Å². The van der Waals surface area contributed by atoms with Crippen LogP contribution in [0, 0.1) is 23.0 Å². The zero-order valence-electron chi connectivity index (χ0n) is 10.5. The summed E-state index contributed by atoms with van der Waals surface area (Å²) in [6.45, 7) is -0.317. The Morgan fingerprint density at radius 1 is 1.15 bits per heavy atom. The van der Waals surface area contributed by atoms with Crippen molar-refractivity contribution in [3.05, 3.63) is 65.2 Å². The predicted molar refractivity (Wildman–Crippen MR) is 71.0 cm³/mol. The average molecular weight is 274 g/mol. The van der Waals surface area contributed by atoms with Crippen molar-refractivity contribution in [2.24, 2.45) is 0 Å². The van der Waals surface area contributed by atoms with E-state index in [2.05, 4.69) is 5.32 Å². The Balaban J connectivity index is 2.32. The zero-order chi connectivity index (χ0) is 14.5. The second-order valence-electron chi connectivity index (χ2n) is 4.22. The molecule has 0 radical (unpaired) electrons. The molecule has 0 saturated carbocycles. The zero-order valence-corrected chi connectivity index (χ0v) is 10.5. The minimum atomic E-state index is -0.865. The molecule has 0 aliphatic carbocycles. The standard InChI is InChI=1S/C15H12F2N2O/c16-12-6-10(8-18)7-13(17)15(12)19-14(9-20)11-4-2-1-3-5-11/h1-7,14,19-20H,9H2/t14-/m0/s1. The molecule has 0 bridgehead atoms. The molecule has 2 aromatic rings. The Kier molecular flexibility index (Phi) is 4.28. The summed E-state index contributed by atoms with van der Waals surface area (Å²) in [7, 11) is 0. The molecular weight excluding hydrogens is 262 g/mol. The normalized spacial score (nSPS) is 11.7. The predicted octanol–water partition coefficient (Wildman–Crippen LogP) is 2.98. The number of anilines is 1. The van der Waals surface area contributed by atoms with Crippen LogP contribution in [0.4, 0.5) is 14.5 Å². The number of hydrogen-bond donors (Lipinski definition) is 2. The number of rotatable bonds is 4. The van der Waals surface area contributed by atoms with Gasteiger partial charge in [-0.2, -0.15) is 5.26 Å². The monoisotopic (exact) mass is 274 g/mol. The van der Waals surface area contributed by atoms with Gasteiger partial charge in [0, 0.05) is 0 Å². The molecule has 0 aromatic heterocycles. The molecule has 0 heterocycles. The third-order valence-corrected chi connectivity index (χ3v) is 2.87. The van der Waals surface area contributed by atoms with Crippen molar-refractivity contribution < 1.29 is 13.9 Å². The molecule has 3 nitrogen and oxygen atoms in total. The van der Waals surface area contributed by atoms with Crippen LogP contribution in [0.3, 0.4) is 0 Å². The maximum Gasteiger partial charge on any atom is 0.150 e. The summed E-state index contributed by atoms with van der Waals surface area (Å²) in [5.41, 5.74) is 0.260. The van der Waals surface area contributed by atoms with Gasteiger partial charge in [0.2, 0.25) is 0 Å². The topological polar surface area (TPSA) is 56.0 Å². The molecule has 5 heteroatoms. The van der Waals surface area contributed by atoms with E-state index < -0.39 is 17.7 Å². The Morgan fingerprint density at radius 3 is 2.25 bits per heavy atom. The Morgan fingerprint density at radius 2 is 1.75 bits per heavy atom. The number of aliphatic hydroxyl groups excluding tert-OH is 1. The minimum absolute atomic E-state index is 0.0918. The Bertz CT molecular complexity index is 615. The summed E-state index contributed by atoms with van der Waals surface area (Å²) < 4.78 is 27.6. The summed E-state index contributed by atoms with van der Waals surface area (Å²) >= 11 is 0. The summed E-state index contributed by atoms with van der Waals surface area (Å²) in [6, 6.07) is 11.8. The molecule has 0 aliphatic rings. The van der Waals surface area contributed by atoms with Crippen LogP contribution in [-0.4, -0.2) is 11.7 Å². The summed E-state index contributed by atoms with van der Waals surface area (Å²) in [5, 5.41) is 20.6. The van der Waals surface area contributed by atoms with Crippen LogP contribution in [0.5, 0.6) is 0 Å². The number of halogens is 2. The Labute approximate surface area is 115 Å². The van der Waals surface area contributed by atoms with Gasteiger partial charge in [0.1, 0.15) is 5.69 Å². The summed E-state index contributed by atoms with van der Waals surface area (Å²) in [6.07, 6.45) is 0. The third-order valence-electron chi connectivity index (χ3n) is 2.87. The molecule has 0 spiro atoms. The highest BCUT2D eigenvalue weighted by Gasteiger charge is 2.16. The van der Waals surface area contributed by atoms with Gasteiger partial charge < -0.3 is 10.4 Å². The van der Waals surface area contributed by atoms with Gasteiger partial charge >= 0.3 is 0 Å². The molecule has 2 rings (SSSR count). The van der Waals surface area contributed by atoms with Crippen LogP contribution >= 0.6 is 0 Å². The first-order valence-electron chi connectivity index (χ1n) is 5.97. The average Bonchev–Trinajstić information content (AvgIpc) is 2.47. The van der Waals surface area contributed by atoms with Crippen LogP contribution in [0.2, 0.25) is 0 Å². The highest BCUT2D eigenvalue weighted by Crippen LogP contribution is 2.25. The number of nitrogens with zero attached hydrogens (tertiary/aromatic N) is 1. The molecule has 0 amide bonds. The molecule has 20 heavy (non-hydrogen) atoms. The van der Waals surface area contributed by atoms with Gasteiger partial charge in [-0.15, -0.1) is 0 Å². The number of hydrogen-bond acceptors (Lipinski definition) is 3. The van der Waals surface area contributed by atoms with E-state index in [1.807, 2.05) is 0 Å². The SMILES string of the molecule is N#Cc1cc(F)c(N[C@@H](CO)c2ccccc2)c(F)c1. The highest BCUT2D eigenvalue weighted by molar-refractivity contribution is 5.51. The number of nitriles is 1. The van der Waals surface area contributed by atoms with E-state index >= 15 is 0 Å². The maximum atomic E-state index is 13.8. The van der Waals surface area contributed by atoms with Gasteiger partial charge in [-0.25, -0.2) is 8.78 Å². The van der Waals surface area contributed by atoms with E-state index in [4.69, 9.17) is 5.26 Å². The van der Waals surface area contributed by atoms with Crippen molar-refractivity contribution in [1.82, 2.24) is 0 Å². The van der Waals surface area contributed by atoms with E-state index in [9.17, 15) is 13.9 Å². The number of nitrogens with one attached hydrogen (secondary N) is 1.